The van der Waals surface area contributed by atoms with Crippen LogP contribution in [-0.4, -0.2) is 55.2 Å². The highest BCUT2D eigenvalue weighted by molar-refractivity contribution is 5.75. The van der Waals surface area contributed by atoms with Crippen molar-refractivity contribution in [1.82, 2.24) is 15.5 Å². The topological polar surface area (TPSA) is 81.7 Å². The summed E-state index contributed by atoms with van der Waals surface area (Å²) >= 11 is 0. The van der Waals surface area contributed by atoms with E-state index in [4.69, 9.17) is 5.11 Å². The number of carbonyl (C=O) groups is 2. The van der Waals surface area contributed by atoms with E-state index in [0.717, 1.165) is 19.5 Å². The Morgan fingerprint density at radius 2 is 2.17 bits per heavy atom. The molecule has 0 aromatic rings. The molecule has 0 spiro atoms. The van der Waals surface area contributed by atoms with Crippen LogP contribution in [0.15, 0.2) is 0 Å². The van der Waals surface area contributed by atoms with Crippen molar-refractivity contribution in [3.05, 3.63) is 0 Å². The van der Waals surface area contributed by atoms with E-state index < -0.39 is 11.9 Å². The highest BCUT2D eigenvalue weighted by atomic mass is 16.4. The minimum Gasteiger partial charge on any atom is -0.481 e. The molecule has 18 heavy (non-hydrogen) atoms. The average molecular weight is 257 g/mol. The fourth-order valence-corrected chi connectivity index (χ4v) is 2.07. The molecular formula is C12H23N3O3. The van der Waals surface area contributed by atoms with Crippen molar-refractivity contribution >= 4 is 12.0 Å². The molecule has 6 heteroatoms. The minimum absolute atomic E-state index is 0.158. The summed E-state index contributed by atoms with van der Waals surface area (Å²) < 4.78 is 0. The van der Waals surface area contributed by atoms with Crippen molar-refractivity contribution in [2.45, 2.75) is 19.8 Å². The molecule has 2 atom stereocenters. The number of nitrogens with zero attached hydrogens (tertiary/aromatic N) is 1. The van der Waals surface area contributed by atoms with E-state index in [2.05, 4.69) is 22.6 Å². The van der Waals surface area contributed by atoms with E-state index in [1.807, 2.05) is 0 Å². The number of piperidine rings is 1. The van der Waals surface area contributed by atoms with Gasteiger partial charge in [-0.3, -0.25) is 4.79 Å². The summed E-state index contributed by atoms with van der Waals surface area (Å²) in [6, 6.07) is -0.281. The Hall–Kier alpha value is -1.30. The molecule has 104 valence electrons. The van der Waals surface area contributed by atoms with Crippen LogP contribution in [0.25, 0.3) is 0 Å². The first-order valence-corrected chi connectivity index (χ1v) is 6.42. The largest absolute Gasteiger partial charge is 0.481 e. The highest BCUT2D eigenvalue weighted by Gasteiger charge is 2.18. The number of carbonyl (C=O) groups excluding carboxylic acids is 1. The average Bonchev–Trinajstić information content (AvgIpc) is 2.33. The van der Waals surface area contributed by atoms with Gasteiger partial charge < -0.3 is 20.6 Å². The lowest BCUT2D eigenvalue weighted by atomic mass is 9.99. The first-order valence-electron chi connectivity index (χ1n) is 6.42. The fourth-order valence-electron chi connectivity index (χ4n) is 2.07. The molecule has 0 aliphatic carbocycles. The lowest BCUT2D eigenvalue weighted by Crippen LogP contribution is -2.44. The van der Waals surface area contributed by atoms with Crippen molar-refractivity contribution in [2.24, 2.45) is 11.8 Å². The molecular weight excluding hydrogens is 234 g/mol. The first-order chi connectivity index (χ1) is 8.49. The van der Waals surface area contributed by atoms with Gasteiger partial charge in [-0.1, -0.05) is 6.92 Å². The Labute approximate surface area is 108 Å². The summed E-state index contributed by atoms with van der Waals surface area (Å²) in [4.78, 5) is 24.3. The lowest BCUT2D eigenvalue weighted by Gasteiger charge is -2.29. The van der Waals surface area contributed by atoms with Crippen LogP contribution in [0.4, 0.5) is 4.79 Å². The monoisotopic (exact) mass is 257 g/mol. The molecule has 1 saturated heterocycles. The number of amides is 2. The van der Waals surface area contributed by atoms with Crippen molar-refractivity contribution in [3.63, 3.8) is 0 Å². The number of aliphatic carboxylic acids is 1. The van der Waals surface area contributed by atoms with Gasteiger partial charge in [0.2, 0.25) is 0 Å². The van der Waals surface area contributed by atoms with Crippen molar-refractivity contribution in [3.8, 4) is 0 Å². The summed E-state index contributed by atoms with van der Waals surface area (Å²) in [7, 11) is 2.08. The van der Waals surface area contributed by atoms with Gasteiger partial charge in [-0.2, -0.15) is 0 Å². The predicted molar refractivity (Wildman–Crippen MR) is 68.4 cm³/mol. The van der Waals surface area contributed by atoms with Gasteiger partial charge in [0.15, 0.2) is 0 Å². The number of carboxylic acid groups (broad SMARTS) is 1. The minimum atomic E-state index is -0.899. The second-order valence-electron chi connectivity index (χ2n) is 5.10. The molecule has 6 nitrogen and oxygen atoms in total. The molecule has 2 amide bonds. The molecule has 0 saturated carbocycles. The highest BCUT2D eigenvalue weighted by Crippen LogP contribution is 2.13. The van der Waals surface area contributed by atoms with E-state index in [1.165, 1.54) is 6.42 Å². The molecule has 0 aromatic carbocycles. The molecule has 2 unspecified atom stereocenters. The quantitative estimate of drug-likeness (QED) is 0.663. The molecule has 3 N–H and O–H groups in total. The Morgan fingerprint density at radius 1 is 1.44 bits per heavy atom. The molecule has 1 fully saturated rings. The number of urea groups is 1. The Balaban J connectivity index is 2.14. The van der Waals surface area contributed by atoms with Crippen LogP contribution >= 0.6 is 0 Å². The van der Waals surface area contributed by atoms with Crippen LogP contribution < -0.4 is 10.6 Å². The third-order valence-electron chi connectivity index (χ3n) is 3.26. The molecule has 1 aliphatic rings. The van der Waals surface area contributed by atoms with Gasteiger partial charge >= 0.3 is 12.0 Å². The molecule has 0 bridgehead atoms. The van der Waals surface area contributed by atoms with Crippen LogP contribution in [0, 0.1) is 11.8 Å². The number of likely N-dealkylation sites (tertiary alicyclic amines) is 1. The van der Waals surface area contributed by atoms with E-state index in [9.17, 15) is 9.59 Å². The van der Waals surface area contributed by atoms with Gasteiger partial charge in [0, 0.05) is 19.6 Å². The number of hydrogen-bond acceptors (Lipinski definition) is 3. The Kier molecular flexibility index (Phi) is 5.91. The van der Waals surface area contributed by atoms with Crippen LogP contribution in [0.5, 0.6) is 0 Å². The fraction of sp³-hybridized carbons (Fsp3) is 0.833. The van der Waals surface area contributed by atoms with Gasteiger partial charge in [-0.05, 0) is 32.4 Å². The van der Waals surface area contributed by atoms with Crippen molar-refractivity contribution in [2.75, 3.05) is 33.2 Å². The Morgan fingerprint density at radius 3 is 2.78 bits per heavy atom. The Bertz CT molecular complexity index is 296. The van der Waals surface area contributed by atoms with Crippen molar-refractivity contribution in [1.29, 1.82) is 0 Å². The molecule has 1 heterocycles. The summed E-state index contributed by atoms with van der Waals surface area (Å²) in [5, 5.41) is 14.0. The number of rotatable bonds is 5. The maximum Gasteiger partial charge on any atom is 0.314 e. The number of hydrogen-bond donors (Lipinski definition) is 3. The third kappa shape index (κ3) is 5.35. The SMILES string of the molecule is CC(CNC(=O)NCC1CCCN(C)C1)C(=O)O. The van der Waals surface area contributed by atoms with Gasteiger partial charge in [-0.25, -0.2) is 4.79 Å². The van der Waals surface area contributed by atoms with Gasteiger partial charge in [-0.15, -0.1) is 0 Å². The standard InChI is InChI=1S/C12H23N3O3/c1-9(11(16)17)6-13-12(18)14-7-10-4-3-5-15(2)8-10/h9-10H,3-8H2,1-2H3,(H,16,17)(H2,13,14,18). The zero-order valence-electron chi connectivity index (χ0n) is 11.1. The first kappa shape index (κ1) is 14.8. The van der Waals surface area contributed by atoms with E-state index >= 15 is 0 Å². The maximum atomic E-state index is 11.5. The zero-order valence-corrected chi connectivity index (χ0v) is 11.1. The number of carboxylic acids is 1. The third-order valence-corrected chi connectivity index (χ3v) is 3.26. The number of nitrogens with one attached hydrogen (secondary N) is 2. The predicted octanol–water partition coefficient (Wildman–Crippen LogP) is 0.348. The lowest BCUT2D eigenvalue weighted by molar-refractivity contribution is -0.140. The maximum absolute atomic E-state index is 11.5. The summed E-state index contributed by atoms with van der Waals surface area (Å²) in [6.07, 6.45) is 2.30. The summed E-state index contributed by atoms with van der Waals surface area (Å²) in [5.41, 5.74) is 0. The normalized spacial score (nSPS) is 22.2. The van der Waals surface area contributed by atoms with Gasteiger partial charge in [0.1, 0.15) is 0 Å². The second kappa shape index (κ2) is 7.20. The van der Waals surface area contributed by atoms with Crippen LogP contribution in [0.1, 0.15) is 19.8 Å². The summed E-state index contributed by atoms with van der Waals surface area (Å²) in [6.45, 7) is 4.51. The molecule has 1 rings (SSSR count). The smallest absolute Gasteiger partial charge is 0.314 e. The van der Waals surface area contributed by atoms with Crippen LogP contribution in [0.2, 0.25) is 0 Å². The van der Waals surface area contributed by atoms with E-state index in [1.54, 1.807) is 6.92 Å². The van der Waals surface area contributed by atoms with Crippen LogP contribution in [0.3, 0.4) is 0 Å². The van der Waals surface area contributed by atoms with E-state index in [-0.39, 0.29) is 12.6 Å². The van der Waals surface area contributed by atoms with Gasteiger partial charge in [0.05, 0.1) is 5.92 Å². The second-order valence-corrected chi connectivity index (χ2v) is 5.10. The molecule has 0 aromatic heterocycles. The van der Waals surface area contributed by atoms with Crippen LogP contribution in [-0.2, 0) is 4.79 Å². The van der Waals surface area contributed by atoms with Crippen molar-refractivity contribution < 1.29 is 14.7 Å². The van der Waals surface area contributed by atoms with E-state index in [0.29, 0.717) is 12.5 Å². The van der Waals surface area contributed by atoms with Gasteiger partial charge in [0.25, 0.3) is 0 Å². The zero-order chi connectivity index (χ0) is 13.5. The molecule has 0 radical (unpaired) electrons. The molecule has 1 aliphatic heterocycles. The summed E-state index contributed by atoms with van der Waals surface area (Å²) in [5.74, 6) is -0.966.